The highest BCUT2D eigenvalue weighted by molar-refractivity contribution is 5.97. The summed E-state index contributed by atoms with van der Waals surface area (Å²) in [4.78, 5) is 28.6. The molecule has 0 unspecified atom stereocenters. The van der Waals surface area contributed by atoms with Crippen molar-refractivity contribution >= 4 is 33.8 Å². The summed E-state index contributed by atoms with van der Waals surface area (Å²) in [5.41, 5.74) is 7.56. The SMILES string of the molecule is Nc1ccccc1NC(=O)CCCCCCC(=O)c1cc2ccccc2cn1. The van der Waals surface area contributed by atoms with Crippen molar-refractivity contribution in [3.05, 3.63) is 66.5 Å². The molecule has 5 nitrogen and oxygen atoms in total. The van der Waals surface area contributed by atoms with Gasteiger partial charge < -0.3 is 11.1 Å². The third kappa shape index (κ3) is 5.39. The van der Waals surface area contributed by atoms with Gasteiger partial charge in [-0.15, -0.1) is 0 Å². The van der Waals surface area contributed by atoms with Crippen molar-refractivity contribution < 1.29 is 9.59 Å². The highest BCUT2D eigenvalue weighted by Crippen LogP contribution is 2.18. The number of hydrogen-bond acceptors (Lipinski definition) is 4. The van der Waals surface area contributed by atoms with E-state index in [9.17, 15) is 9.59 Å². The fraction of sp³-hybridized carbons (Fsp3) is 0.261. The van der Waals surface area contributed by atoms with Gasteiger partial charge in [0.25, 0.3) is 0 Å². The Kier molecular flexibility index (Phi) is 6.73. The average Bonchev–Trinajstić information content (AvgIpc) is 2.71. The highest BCUT2D eigenvalue weighted by Gasteiger charge is 2.09. The second-order valence-corrected chi connectivity index (χ2v) is 6.89. The maximum Gasteiger partial charge on any atom is 0.224 e. The third-order valence-electron chi connectivity index (χ3n) is 4.71. The van der Waals surface area contributed by atoms with Gasteiger partial charge in [-0.05, 0) is 36.4 Å². The summed E-state index contributed by atoms with van der Waals surface area (Å²) >= 11 is 0. The number of fused-ring (bicyclic) bond motifs is 1. The Labute approximate surface area is 165 Å². The number of para-hydroxylation sites is 2. The maximum atomic E-state index is 12.3. The molecule has 1 heterocycles. The van der Waals surface area contributed by atoms with E-state index < -0.39 is 0 Å². The Morgan fingerprint density at radius 3 is 2.32 bits per heavy atom. The quantitative estimate of drug-likeness (QED) is 0.314. The second kappa shape index (κ2) is 9.65. The van der Waals surface area contributed by atoms with Gasteiger partial charge in [0, 0.05) is 24.4 Å². The zero-order chi connectivity index (χ0) is 19.8. The largest absolute Gasteiger partial charge is 0.397 e. The molecule has 0 fully saturated rings. The first-order valence-electron chi connectivity index (χ1n) is 9.66. The van der Waals surface area contributed by atoms with E-state index in [0.29, 0.717) is 29.9 Å². The predicted molar refractivity (Wildman–Crippen MR) is 113 cm³/mol. The number of amides is 1. The maximum absolute atomic E-state index is 12.3. The van der Waals surface area contributed by atoms with Crippen molar-refractivity contribution in [2.75, 3.05) is 11.1 Å². The Morgan fingerprint density at radius 2 is 1.54 bits per heavy atom. The van der Waals surface area contributed by atoms with Gasteiger partial charge in [0.05, 0.1) is 11.4 Å². The Bertz CT molecular complexity index is 969. The lowest BCUT2D eigenvalue weighted by atomic mass is 10.0. The summed E-state index contributed by atoms with van der Waals surface area (Å²) in [6, 6.07) is 17.0. The summed E-state index contributed by atoms with van der Waals surface area (Å²) in [6.45, 7) is 0. The van der Waals surface area contributed by atoms with Crippen LogP contribution in [0.1, 0.15) is 49.0 Å². The number of benzene rings is 2. The molecule has 144 valence electrons. The van der Waals surface area contributed by atoms with Gasteiger partial charge in [-0.1, -0.05) is 49.2 Å². The van der Waals surface area contributed by atoms with E-state index in [-0.39, 0.29) is 11.7 Å². The van der Waals surface area contributed by atoms with Crippen LogP contribution in [0.25, 0.3) is 10.8 Å². The Balaban J connectivity index is 1.34. The van der Waals surface area contributed by atoms with E-state index in [1.165, 1.54) is 0 Å². The Morgan fingerprint density at radius 1 is 0.857 bits per heavy atom. The van der Waals surface area contributed by atoms with Crippen molar-refractivity contribution in [1.29, 1.82) is 0 Å². The molecule has 0 saturated heterocycles. The molecule has 28 heavy (non-hydrogen) atoms. The van der Waals surface area contributed by atoms with Gasteiger partial charge in [0.2, 0.25) is 5.91 Å². The molecule has 5 heteroatoms. The van der Waals surface area contributed by atoms with Gasteiger partial charge in [0.1, 0.15) is 5.69 Å². The molecular formula is C23H25N3O2. The zero-order valence-corrected chi connectivity index (χ0v) is 15.9. The monoisotopic (exact) mass is 375 g/mol. The fourth-order valence-corrected chi connectivity index (χ4v) is 3.11. The summed E-state index contributed by atoms with van der Waals surface area (Å²) in [6.07, 6.45) is 6.12. The van der Waals surface area contributed by atoms with Crippen molar-refractivity contribution in [3.8, 4) is 0 Å². The van der Waals surface area contributed by atoms with E-state index in [2.05, 4.69) is 10.3 Å². The van der Waals surface area contributed by atoms with Crippen molar-refractivity contribution in [3.63, 3.8) is 0 Å². The van der Waals surface area contributed by atoms with Gasteiger partial charge >= 0.3 is 0 Å². The van der Waals surface area contributed by atoms with Crippen molar-refractivity contribution in [2.24, 2.45) is 0 Å². The van der Waals surface area contributed by atoms with E-state index in [1.807, 2.05) is 42.5 Å². The number of hydrogen-bond donors (Lipinski definition) is 2. The molecule has 3 aromatic rings. The minimum atomic E-state index is -0.0330. The van der Waals surface area contributed by atoms with Crippen LogP contribution in [-0.4, -0.2) is 16.7 Å². The topological polar surface area (TPSA) is 85.1 Å². The van der Waals surface area contributed by atoms with E-state index in [0.717, 1.165) is 36.5 Å². The first-order chi connectivity index (χ1) is 13.6. The lowest BCUT2D eigenvalue weighted by Crippen LogP contribution is -2.12. The highest BCUT2D eigenvalue weighted by atomic mass is 16.1. The normalized spacial score (nSPS) is 10.7. The lowest BCUT2D eigenvalue weighted by Gasteiger charge is -2.07. The first-order valence-corrected chi connectivity index (χ1v) is 9.66. The smallest absolute Gasteiger partial charge is 0.224 e. The molecule has 0 spiro atoms. The van der Waals surface area contributed by atoms with Crippen LogP contribution in [0.4, 0.5) is 11.4 Å². The van der Waals surface area contributed by atoms with Gasteiger partial charge in [-0.2, -0.15) is 0 Å². The lowest BCUT2D eigenvalue weighted by molar-refractivity contribution is -0.116. The molecule has 0 bridgehead atoms. The van der Waals surface area contributed by atoms with Gasteiger partial charge in [0.15, 0.2) is 5.78 Å². The number of carbonyl (C=O) groups is 2. The number of ketones is 1. The summed E-state index contributed by atoms with van der Waals surface area (Å²) in [5.74, 6) is 0.0392. The van der Waals surface area contributed by atoms with Crippen molar-refractivity contribution in [1.82, 2.24) is 4.98 Å². The fourth-order valence-electron chi connectivity index (χ4n) is 3.11. The van der Waals surface area contributed by atoms with E-state index >= 15 is 0 Å². The average molecular weight is 375 g/mol. The predicted octanol–water partition coefficient (Wildman–Crippen LogP) is 4.98. The minimum absolute atomic E-state index is 0.0330. The van der Waals surface area contributed by atoms with Crippen molar-refractivity contribution in [2.45, 2.75) is 38.5 Å². The molecule has 1 aromatic heterocycles. The van der Waals surface area contributed by atoms with Crippen LogP contribution in [0.3, 0.4) is 0 Å². The van der Waals surface area contributed by atoms with Crippen LogP contribution in [0.2, 0.25) is 0 Å². The van der Waals surface area contributed by atoms with Crippen LogP contribution in [0, 0.1) is 0 Å². The number of anilines is 2. The zero-order valence-electron chi connectivity index (χ0n) is 15.9. The standard InChI is InChI=1S/C23H25N3O2/c24-19-11-7-8-12-20(19)26-23(28)14-4-2-1-3-13-22(27)21-15-17-9-5-6-10-18(17)16-25-21/h5-12,15-16H,1-4,13-14,24H2,(H,26,28). The van der Waals surface area contributed by atoms with Crippen LogP contribution < -0.4 is 11.1 Å². The van der Waals surface area contributed by atoms with Gasteiger partial charge in [-0.25, -0.2) is 0 Å². The molecule has 3 N–H and O–H groups in total. The summed E-state index contributed by atoms with van der Waals surface area (Å²) in [5, 5.41) is 4.90. The van der Waals surface area contributed by atoms with Crippen LogP contribution in [-0.2, 0) is 4.79 Å². The number of nitrogens with one attached hydrogen (secondary N) is 1. The number of Topliss-reactive ketones (excluding diaryl/α,β-unsaturated/α-hetero) is 1. The summed E-state index contributed by atoms with van der Waals surface area (Å²) in [7, 11) is 0. The molecule has 1 amide bonds. The number of nitrogen functional groups attached to an aromatic ring is 1. The number of pyridine rings is 1. The van der Waals surface area contributed by atoms with Gasteiger partial charge in [-0.3, -0.25) is 14.6 Å². The third-order valence-corrected chi connectivity index (χ3v) is 4.71. The molecule has 2 aromatic carbocycles. The number of nitrogens with two attached hydrogens (primary N) is 1. The molecular weight excluding hydrogens is 350 g/mol. The van der Waals surface area contributed by atoms with E-state index in [4.69, 9.17) is 5.73 Å². The molecule has 0 aliphatic carbocycles. The molecule has 0 radical (unpaired) electrons. The molecule has 0 aliphatic rings. The summed E-state index contributed by atoms with van der Waals surface area (Å²) < 4.78 is 0. The molecule has 0 atom stereocenters. The number of nitrogens with zero attached hydrogens (tertiary/aromatic N) is 1. The molecule has 0 aliphatic heterocycles. The van der Waals surface area contributed by atoms with Crippen LogP contribution >= 0.6 is 0 Å². The minimum Gasteiger partial charge on any atom is -0.397 e. The number of carbonyl (C=O) groups excluding carboxylic acids is 2. The molecule has 3 rings (SSSR count). The number of aromatic nitrogens is 1. The van der Waals surface area contributed by atoms with Crippen LogP contribution in [0.5, 0.6) is 0 Å². The second-order valence-electron chi connectivity index (χ2n) is 6.89. The van der Waals surface area contributed by atoms with E-state index in [1.54, 1.807) is 18.3 Å². The number of unbranched alkanes of at least 4 members (excludes halogenated alkanes) is 3. The Hall–Kier alpha value is -3.21. The number of rotatable bonds is 9. The molecule has 0 saturated carbocycles. The first kappa shape index (κ1) is 19.5. The van der Waals surface area contributed by atoms with Crippen LogP contribution in [0.15, 0.2) is 60.8 Å².